The molecule has 0 radical (unpaired) electrons. The number of benzene rings is 1. The van der Waals surface area contributed by atoms with Gasteiger partial charge in [-0.1, -0.05) is 13.8 Å². The number of halogens is 1. The predicted octanol–water partition coefficient (Wildman–Crippen LogP) is 3.65. The number of hydrogen-bond donors (Lipinski definition) is 1. The van der Waals surface area contributed by atoms with Gasteiger partial charge in [-0.05, 0) is 30.5 Å². The van der Waals surface area contributed by atoms with Crippen LogP contribution in [0.25, 0.3) is 0 Å². The molecule has 2 nitrogen and oxygen atoms in total. The van der Waals surface area contributed by atoms with Crippen LogP contribution in [0.3, 0.4) is 0 Å². The number of methoxy groups -OCH3 is 1. The van der Waals surface area contributed by atoms with Gasteiger partial charge in [-0.25, -0.2) is 0 Å². The first-order valence-electron chi connectivity index (χ1n) is 5.13. The molecule has 0 fully saturated rings. The maximum Gasteiger partial charge on any atom is 0.122 e. The Morgan fingerprint density at radius 3 is 2.33 bits per heavy atom. The van der Waals surface area contributed by atoms with Crippen LogP contribution in [0.4, 0.5) is 0 Å². The zero-order chi connectivity index (χ0) is 11.5. The average molecular weight is 229 g/mol. The molecular weight excluding hydrogens is 212 g/mol. The van der Waals surface area contributed by atoms with Gasteiger partial charge in [-0.2, -0.15) is 0 Å². The first-order valence-corrected chi connectivity index (χ1v) is 5.51. The summed E-state index contributed by atoms with van der Waals surface area (Å²) in [5.74, 6) is 0.827. The monoisotopic (exact) mass is 228 g/mol. The molecular formula is C12H17ClO2. The molecule has 0 heterocycles. The summed E-state index contributed by atoms with van der Waals surface area (Å²) in [7, 11) is 1.58. The summed E-state index contributed by atoms with van der Waals surface area (Å²) in [5, 5.41) is 9.54. The van der Waals surface area contributed by atoms with Crippen LogP contribution in [0.15, 0.2) is 18.2 Å². The smallest absolute Gasteiger partial charge is 0.122 e. The minimum Gasteiger partial charge on any atom is -0.508 e. The van der Waals surface area contributed by atoms with Gasteiger partial charge < -0.3 is 9.84 Å². The lowest BCUT2D eigenvalue weighted by Crippen LogP contribution is -2.16. The number of rotatable bonds is 4. The van der Waals surface area contributed by atoms with Crippen LogP contribution < -0.4 is 4.74 Å². The van der Waals surface area contributed by atoms with Crippen molar-refractivity contribution in [3.8, 4) is 11.5 Å². The van der Waals surface area contributed by atoms with Crippen LogP contribution in [-0.2, 0) is 4.87 Å². The fraction of sp³-hybridized carbons (Fsp3) is 0.500. The number of alkyl halides is 1. The minimum absolute atomic E-state index is 0.191. The van der Waals surface area contributed by atoms with E-state index in [1.165, 1.54) is 0 Å². The summed E-state index contributed by atoms with van der Waals surface area (Å²) in [5.41, 5.74) is 0.908. The van der Waals surface area contributed by atoms with Crippen molar-refractivity contribution >= 4 is 11.6 Å². The lowest BCUT2D eigenvalue weighted by Gasteiger charge is -2.25. The highest BCUT2D eigenvalue weighted by Crippen LogP contribution is 2.39. The molecule has 0 spiro atoms. The summed E-state index contributed by atoms with van der Waals surface area (Å²) in [4.78, 5) is -0.411. The molecule has 84 valence electrons. The van der Waals surface area contributed by atoms with Crippen LogP contribution in [0.1, 0.15) is 32.3 Å². The fourth-order valence-electron chi connectivity index (χ4n) is 1.62. The summed E-state index contributed by atoms with van der Waals surface area (Å²) < 4.78 is 5.10. The second-order valence-corrected chi connectivity index (χ2v) is 4.32. The third-order valence-corrected chi connectivity index (χ3v) is 3.52. The van der Waals surface area contributed by atoms with Gasteiger partial charge in [0.1, 0.15) is 11.5 Å². The van der Waals surface area contributed by atoms with Gasteiger partial charge >= 0.3 is 0 Å². The molecule has 0 amide bonds. The van der Waals surface area contributed by atoms with E-state index in [2.05, 4.69) is 0 Å². The van der Waals surface area contributed by atoms with E-state index in [9.17, 15) is 5.11 Å². The molecule has 0 unspecified atom stereocenters. The Morgan fingerprint density at radius 2 is 1.87 bits per heavy atom. The number of ether oxygens (including phenoxy) is 1. The van der Waals surface area contributed by atoms with Crippen LogP contribution in [-0.4, -0.2) is 12.2 Å². The van der Waals surface area contributed by atoms with Gasteiger partial charge in [0, 0.05) is 6.07 Å². The standard InChI is InChI=1S/C12H17ClO2/c1-4-12(13,5-2)9-6-10(14)8-11(7-9)15-3/h6-8,14H,4-5H2,1-3H3. The zero-order valence-electron chi connectivity index (χ0n) is 9.38. The maximum atomic E-state index is 9.54. The highest BCUT2D eigenvalue weighted by atomic mass is 35.5. The molecule has 0 aliphatic heterocycles. The lowest BCUT2D eigenvalue weighted by atomic mass is 9.92. The van der Waals surface area contributed by atoms with Crippen molar-refractivity contribution in [2.24, 2.45) is 0 Å². The van der Waals surface area contributed by atoms with Crippen LogP contribution in [0, 0.1) is 0 Å². The second kappa shape index (κ2) is 4.75. The first-order chi connectivity index (χ1) is 7.05. The molecule has 0 saturated carbocycles. The Labute approximate surface area is 95.8 Å². The lowest BCUT2D eigenvalue weighted by molar-refractivity contribution is 0.404. The Bertz CT molecular complexity index is 332. The fourth-order valence-corrected chi connectivity index (χ4v) is 1.73. The van der Waals surface area contributed by atoms with E-state index >= 15 is 0 Å². The number of hydrogen-bond acceptors (Lipinski definition) is 2. The largest absolute Gasteiger partial charge is 0.508 e. The number of phenolic OH excluding ortho intramolecular Hbond substituents is 1. The van der Waals surface area contributed by atoms with Gasteiger partial charge in [0.25, 0.3) is 0 Å². The molecule has 0 atom stereocenters. The van der Waals surface area contributed by atoms with Crippen molar-refractivity contribution < 1.29 is 9.84 Å². The van der Waals surface area contributed by atoms with Crippen molar-refractivity contribution in [2.45, 2.75) is 31.6 Å². The van der Waals surface area contributed by atoms with Gasteiger partial charge in [0.2, 0.25) is 0 Å². The Morgan fingerprint density at radius 1 is 1.27 bits per heavy atom. The maximum absolute atomic E-state index is 9.54. The average Bonchev–Trinajstić information content (AvgIpc) is 2.27. The molecule has 0 saturated heterocycles. The van der Waals surface area contributed by atoms with E-state index in [-0.39, 0.29) is 5.75 Å². The summed E-state index contributed by atoms with van der Waals surface area (Å²) >= 11 is 6.47. The molecule has 15 heavy (non-hydrogen) atoms. The van der Waals surface area contributed by atoms with Crippen LogP contribution in [0.5, 0.6) is 11.5 Å². The van der Waals surface area contributed by atoms with Crippen molar-refractivity contribution in [2.75, 3.05) is 7.11 Å². The Kier molecular flexibility index (Phi) is 3.86. The van der Waals surface area contributed by atoms with E-state index < -0.39 is 4.87 Å². The van der Waals surface area contributed by atoms with E-state index in [1.54, 1.807) is 19.2 Å². The van der Waals surface area contributed by atoms with Crippen LogP contribution in [0.2, 0.25) is 0 Å². The summed E-state index contributed by atoms with van der Waals surface area (Å²) in [6.07, 6.45) is 1.63. The van der Waals surface area contributed by atoms with Gasteiger partial charge in [0.15, 0.2) is 0 Å². The second-order valence-electron chi connectivity index (χ2n) is 3.59. The van der Waals surface area contributed by atoms with Crippen molar-refractivity contribution in [1.29, 1.82) is 0 Å². The molecule has 0 aromatic heterocycles. The molecule has 3 heteroatoms. The van der Waals surface area contributed by atoms with E-state index in [0.717, 1.165) is 18.4 Å². The highest BCUT2D eigenvalue weighted by molar-refractivity contribution is 6.24. The molecule has 1 aromatic rings. The van der Waals surface area contributed by atoms with Crippen molar-refractivity contribution in [3.05, 3.63) is 23.8 Å². The van der Waals surface area contributed by atoms with Crippen molar-refractivity contribution in [3.63, 3.8) is 0 Å². The quantitative estimate of drug-likeness (QED) is 0.798. The van der Waals surface area contributed by atoms with Crippen molar-refractivity contribution in [1.82, 2.24) is 0 Å². The summed E-state index contributed by atoms with van der Waals surface area (Å²) in [6, 6.07) is 5.15. The molecule has 0 aliphatic carbocycles. The predicted molar refractivity (Wildman–Crippen MR) is 62.8 cm³/mol. The van der Waals surface area contributed by atoms with E-state index in [1.807, 2.05) is 19.9 Å². The Balaban J connectivity index is 3.18. The third-order valence-electron chi connectivity index (χ3n) is 2.77. The van der Waals surface area contributed by atoms with E-state index in [0.29, 0.717) is 5.75 Å². The highest BCUT2D eigenvalue weighted by Gasteiger charge is 2.26. The normalized spacial score (nSPS) is 11.5. The van der Waals surface area contributed by atoms with E-state index in [4.69, 9.17) is 16.3 Å². The molecule has 1 rings (SSSR count). The summed E-state index contributed by atoms with van der Waals surface area (Å²) in [6.45, 7) is 4.07. The molecule has 1 N–H and O–H groups in total. The van der Waals surface area contributed by atoms with Gasteiger partial charge in [-0.15, -0.1) is 11.6 Å². The molecule has 0 aliphatic rings. The minimum atomic E-state index is -0.411. The van der Waals surface area contributed by atoms with Gasteiger partial charge in [0.05, 0.1) is 12.0 Å². The third kappa shape index (κ3) is 2.57. The molecule has 0 bridgehead atoms. The SMILES string of the molecule is CCC(Cl)(CC)c1cc(O)cc(OC)c1. The molecule has 1 aromatic carbocycles. The number of phenols is 1. The topological polar surface area (TPSA) is 29.5 Å². The number of aromatic hydroxyl groups is 1. The first kappa shape index (κ1) is 12.2. The van der Waals surface area contributed by atoms with Gasteiger partial charge in [-0.3, -0.25) is 0 Å². The zero-order valence-corrected chi connectivity index (χ0v) is 10.1. The Hall–Kier alpha value is -0.890. The van der Waals surface area contributed by atoms with Crippen LogP contribution >= 0.6 is 11.6 Å².